The highest BCUT2D eigenvalue weighted by Gasteiger charge is 2.08. The molecule has 0 aliphatic rings. The van der Waals surface area contributed by atoms with E-state index in [2.05, 4.69) is 21.0 Å². The Hall–Kier alpha value is -2.85. The number of nitrogens with zero attached hydrogens (tertiary/aromatic N) is 3. The van der Waals surface area contributed by atoms with Gasteiger partial charge in [-0.1, -0.05) is 18.2 Å². The lowest BCUT2D eigenvalue weighted by atomic mass is 10.1. The fraction of sp³-hybridized carbons (Fsp3) is 0. The average Bonchev–Trinajstić information content (AvgIpc) is 2.45. The molecule has 2 aromatic heterocycles. The van der Waals surface area contributed by atoms with E-state index in [-0.39, 0.29) is 11.4 Å². The zero-order valence-corrected chi connectivity index (χ0v) is 11.5. The number of rotatable bonds is 2. The lowest BCUT2D eigenvalue weighted by Gasteiger charge is -2.04. The molecule has 0 amide bonds. The summed E-state index contributed by atoms with van der Waals surface area (Å²) in [4.78, 5) is 22.4. The summed E-state index contributed by atoms with van der Waals surface area (Å²) in [5.41, 5.74) is 6.45. The van der Waals surface area contributed by atoms with E-state index in [9.17, 15) is 10.1 Å². The van der Waals surface area contributed by atoms with Gasteiger partial charge in [-0.15, -0.1) is 0 Å². The Labute approximate surface area is 123 Å². The summed E-state index contributed by atoms with van der Waals surface area (Å²) < 4.78 is 0. The highest BCUT2D eigenvalue weighted by molar-refractivity contribution is 7.99. The van der Waals surface area contributed by atoms with Crippen LogP contribution in [0, 0.1) is 11.3 Å². The number of para-hydroxylation sites is 1. The maximum atomic E-state index is 11.4. The smallest absolute Gasteiger partial charge is 0.253 e. The molecule has 0 radical (unpaired) electrons. The Bertz CT molecular complexity index is 929. The summed E-state index contributed by atoms with van der Waals surface area (Å²) in [6.07, 6.45) is 0. The van der Waals surface area contributed by atoms with Crippen molar-refractivity contribution in [1.29, 1.82) is 5.26 Å². The van der Waals surface area contributed by atoms with Gasteiger partial charge in [-0.25, -0.2) is 9.97 Å². The number of nitrogens with two attached hydrogens (primary N) is 1. The highest BCUT2D eigenvalue weighted by Crippen LogP contribution is 2.27. The van der Waals surface area contributed by atoms with Crippen molar-refractivity contribution in [3.8, 4) is 6.07 Å². The van der Waals surface area contributed by atoms with Crippen LogP contribution >= 0.6 is 11.8 Å². The van der Waals surface area contributed by atoms with Crippen LogP contribution in [0.4, 0.5) is 5.82 Å². The largest absolute Gasteiger partial charge is 0.383 e. The predicted molar refractivity (Wildman–Crippen MR) is 79.9 cm³/mol. The van der Waals surface area contributed by atoms with E-state index in [4.69, 9.17) is 5.73 Å². The summed E-state index contributed by atoms with van der Waals surface area (Å²) >= 11 is 1.15. The molecule has 7 heteroatoms. The van der Waals surface area contributed by atoms with Crippen LogP contribution in [0.2, 0.25) is 0 Å². The molecule has 0 spiro atoms. The van der Waals surface area contributed by atoms with Crippen LogP contribution in [-0.2, 0) is 0 Å². The van der Waals surface area contributed by atoms with Gasteiger partial charge >= 0.3 is 0 Å². The fourth-order valence-electron chi connectivity index (χ4n) is 1.90. The van der Waals surface area contributed by atoms with Gasteiger partial charge < -0.3 is 10.7 Å². The normalized spacial score (nSPS) is 10.4. The molecule has 0 aliphatic heterocycles. The molecule has 0 saturated heterocycles. The number of aromatic nitrogens is 3. The first-order chi connectivity index (χ1) is 10.2. The van der Waals surface area contributed by atoms with Crippen molar-refractivity contribution in [2.75, 3.05) is 5.73 Å². The van der Waals surface area contributed by atoms with E-state index in [1.807, 2.05) is 24.3 Å². The van der Waals surface area contributed by atoms with Crippen molar-refractivity contribution in [3.63, 3.8) is 0 Å². The average molecular weight is 295 g/mol. The van der Waals surface area contributed by atoms with Crippen LogP contribution < -0.4 is 11.3 Å². The molecule has 6 nitrogen and oxygen atoms in total. The summed E-state index contributed by atoms with van der Waals surface area (Å²) in [6, 6.07) is 12.4. The van der Waals surface area contributed by atoms with E-state index in [1.54, 1.807) is 6.07 Å². The summed E-state index contributed by atoms with van der Waals surface area (Å²) in [7, 11) is 0. The number of hydrogen-bond acceptors (Lipinski definition) is 6. The standard InChI is InChI=1S/C14H9N5OS/c15-7-8-5-13(17-10-4-2-1-3-9(8)10)21-14-18-11(16)6-12(20)19-14/h1-6H,(H3,16,18,19,20). The number of benzene rings is 1. The highest BCUT2D eigenvalue weighted by atomic mass is 32.2. The molecular formula is C14H9N5OS. The molecule has 3 aromatic rings. The third-order valence-electron chi connectivity index (χ3n) is 2.75. The second-order valence-electron chi connectivity index (χ2n) is 4.21. The minimum atomic E-state index is -0.328. The second kappa shape index (κ2) is 5.26. The number of H-pyrrole nitrogens is 1. The number of pyridine rings is 1. The van der Waals surface area contributed by atoms with E-state index >= 15 is 0 Å². The molecule has 0 saturated carbocycles. The van der Waals surface area contributed by atoms with E-state index in [0.717, 1.165) is 17.1 Å². The molecule has 2 heterocycles. The maximum absolute atomic E-state index is 11.4. The number of nitrogen functional groups attached to an aromatic ring is 1. The van der Waals surface area contributed by atoms with Crippen LogP contribution in [0.15, 0.2) is 51.4 Å². The van der Waals surface area contributed by atoms with Crippen molar-refractivity contribution in [2.24, 2.45) is 0 Å². The SMILES string of the molecule is N#Cc1cc(Sc2nc(N)cc(=O)[nH]2)nc2ccccc12. The summed E-state index contributed by atoms with van der Waals surface area (Å²) in [5.74, 6) is 0.141. The van der Waals surface area contributed by atoms with Crippen LogP contribution in [-0.4, -0.2) is 15.0 Å². The number of nitrogens with one attached hydrogen (secondary N) is 1. The van der Waals surface area contributed by atoms with Gasteiger partial charge in [0.05, 0.1) is 17.1 Å². The van der Waals surface area contributed by atoms with Gasteiger partial charge in [-0.2, -0.15) is 5.26 Å². The van der Waals surface area contributed by atoms with Crippen molar-refractivity contribution < 1.29 is 0 Å². The molecular weight excluding hydrogens is 286 g/mol. The number of anilines is 1. The maximum Gasteiger partial charge on any atom is 0.253 e. The second-order valence-corrected chi connectivity index (χ2v) is 5.22. The zero-order chi connectivity index (χ0) is 14.8. The molecule has 0 unspecified atom stereocenters. The Morgan fingerprint density at radius 1 is 1.24 bits per heavy atom. The predicted octanol–water partition coefficient (Wildman–Crippen LogP) is 1.92. The molecule has 1 aromatic carbocycles. The monoisotopic (exact) mass is 295 g/mol. The number of fused-ring (bicyclic) bond motifs is 1. The van der Waals surface area contributed by atoms with Crippen molar-refractivity contribution >= 4 is 28.5 Å². The van der Waals surface area contributed by atoms with Crippen LogP contribution in [0.3, 0.4) is 0 Å². The molecule has 3 N–H and O–H groups in total. The van der Waals surface area contributed by atoms with Crippen molar-refractivity contribution in [3.05, 3.63) is 52.3 Å². The lowest BCUT2D eigenvalue weighted by molar-refractivity contribution is 0.941. The lowest BCUT2D eigenvalue weighted by Crippen LogP contribution is -2.09. The zero-order valence-electron chi connectivity index (χ0n) is 10.7. The minimum Gasteiger partial charge on any atom is -0.383 e. The summed E-state index contributed by atoms with van der Waals surface area (Å²) in [5, 5.41) is 10.9. The number of hydrogen-bond donors (Lipinski definition) is 2. The molecule has 0 bridgehead atoms. The van der Waals surface area contributed by atoms with Crippen LogP contribution in [0.5, 0.6) is 0 Å². The van der Waals surface area contributed by atoms with Crippen molar-refractivity contribution in [2.45, 2.75) is 10.2 Å². The molecule has 21 heavy (non-hydrogen) atoms. The molecule has 102 valence electrons. The third kappa shape index (κ3) is 2.70. The number of nitriles is 1. The van der Waals surface area contributed by atoms with Gasteiger partial charge in [0.2, 0.25) is 0 Å². The van der Waals surface area contributed by atoms with Gasteiger partial charge in [0.1, 0.15) is 10.8 Å². The molecule has 0 aliphatic carbocycles. The van der Waals surface area contributed by atoms with Gasteiger partial charge in [-0.05, 0) is 23.9 Å². The van der Waals surface area contributed by atoms with Crippen LogP contribution in [0.1, 0.15) is 5.56 Å². The van der Waals surface area contributed by atoms with Crippen LogP contribution in [0.25, 0.3) is 10.9 Å². The van der Waals surface area contributed by atoms with E-state index < -0.39 is 0 Å². The van der Waals surface area contributed by atoms with E-state index in [0.29, 0.717) is 21.3 Å². The first-order valence-electron chi connectivity index (χ1n) is 6.00. The first-order valence-corrected chi connectivity index (χ1v) is 6.82. The molecule has 0 atom stereocenters. The Morgan fingerprint density at radius 2 is 2.05 bits per heavy atom. The fourth-order valence-corrected chi connectivity index (χ4v) is 2.72. The quantitative estimate of drug-likeness (QED) is 0.699. The van der Waals surface area contributed by atoms with Gasteiger partial charge in [0, 0.05) is 11.5 Å². The van der Waals surface area contributed by atoms with Gasteiger partial charge in [-0.3, -0.25) is 4.79 Å². The Morgan fingerprint density at radius 3 is 2.81 bits per heavy atom. The van der Waals surface area contributed by atoms with Gasteiger partial charge in [0.25, 0.3) is 5.56 Å². The Balaban J connectivity index is 2.09. The molecule has 0 fully saturated rings. The first kappa shape index (κ1) is 13.1. The topological polar surface area (TPSA) is 108 Å². The third-order valence-corrected chi connectivity index (χ3v) is 3.56. The van der Waals surface area contributed by atoms with Crippen molar-refractivity contribution in [1.82, 2.24) is 15.0 Å². The number of aromatic amines is 1. The summed E-state index contributed by atoms with van der Waals surface area (Å²) in [6.45, 7) is 0. The minimum absolute atomic E-state index is 0.141. The molecule has 3 rings (SSSR count). The van der Waals surface area contributed by atoms with Gasteiger partial charge in [0.15, 0.2) is 5.16 Å². The Kier molecular flexibility index (Phi) is 3.30. The van der Waals surface area contributed by atoms with E-state index in [1.165, 1.54) is 6.07 Å².